The van der Waals surface area contributed by atoms with Gasteiger partial charge in [0.15, 0.2) is 22.3 Å². The molecule has 0 saturated heterocycles. The molecule has 0 aliphatic rings. The highest BCUT2D eigenvalue weighted by Gasteiger charge is 2.34. The van der Waals surface area contributed by atoms with Gasteiger partial charge in [-0.1, -0.05) is 12.1 Å². The summed E-state index contributed by atoms with van der Waals surface area (Å²) in [6.45, 7) is 0. The predicted molar refractivity (Wildman–Crippen MR) is 104 cm³/mol. The average molecular weight is 472 g/mol. The van der Waals surface area contributed by atoms with Gasteiger partial charge in [0.25, 0.3) is 15.9 Å². The molecule has 0 bridgehead atoms. The van der Waals surface area contributed by atoms with Gasteiger partial charge in [-0.25, -0.2) is 21.6 Å². The van der Waals surface area contributed by atoms with Gasteiger partial charge in [-0.15, -0.1) is 0 Å². The number of ether oxygens (including phenoxy) is 1. The molecule has 2 N–H and O–H groups in total. The molecule has 0 unspecified atom stereocenters. The first-order valence-corrected chi connectivity index (χ1v) is 10.1. The van der Waals surface area contributed by atoms with Crippen molar-refractivity contribution in [1.29, 1.82) is 0 Å². The van der Waals surface area contributed by atoms with Gasteiger partial charge in [-0.3, -0.25) is 9.52 Å². The molecule has 3 aromatic carbocycles. The standard InChI is InChI=1S/C20H13F5N2O4S/c1-31-18-14(22)16(24)19(17(25)15(18)23)32(29,30)27-13-5-3-2-4-12(13)20(28)26-11-8-6-10(21)7-9-11/h2-9,27H,1H3,(H,26,28). The number of sulfonamides is 1. The zero-order valence-electron chi connectivity index (χ0n) is 16.0. The molecule has 0 saturated carbocycles. The van der Waals surface area contributed by atoms with Crippen LogP contribution in [0.1, 0.15) is 10.4 Å². The number of para-hydroxylation sites is 1. The molecule has 168 valence electrons. The Morgan fingerprint density at radius 2 is 1.41 bits per heavy atom. The van der Waals surface area contributed by atoms with E-state index in [-0.39, 0.29) is 11.3 Å². The van der Waals surface area contributed by atoms with Crippen LogP contribution in [0.25, 0.3) is 0 Å². The number of benzene rings is 3. The van der Waals surface area contributed by atoms with Gasteiger partial charge in [0.05, 0.1) is 18.4 Å². The molecule has 3 aromatic rings. The van der Waals surface area contributed by atoms with Crippen LogP contribution in [-0.2, 0) is 10.0 Å². The lowest BCUT2D eigenvalue weighted by atomic mass is 10.1. The van der Waals surface area contributed by atoms with Crippen LogP contribution < -0.4 is 14.8 Å². The molecule has 0 aromatic heterocycles. The van der Waals surface area contributed by atoms with Crippen LogP contribution in [0.15, 0.2) is 53.4 Å². The number of rotatable bonds is 6. The number of hydrogen-bond acceptors (Lipinski definition) is 4. The normalized spacial score (nSPS) is 11.2. The summed E-state index contributed by atoms with van der Waals surface area (Å²) in [4.78, 5) is 10.6. The molecule has 3 rings (SSSR count). The van der Waals surface area contributed by atoms with Gasteiger partial charge in [0.1, 0.15) is 5.82 Å². The highest BCUT2D eigenvalue weighted by Crippen LogP contribution is 2.33. The second kappa shape index (κ2) is 8.83. The van der Waals surface area contributed by atoms with Crippen molar-refractivity contribution < 1.29 is 39.9 Å². The Morgan fingerprint density at radius 3 is 1.97 bits per heavy atom. The van der Waals surface area contributed by atoms with E-state index in [1.165, 1.54) is 30.3 Å². The molecule has 0 atom stereocenters. The first-order chi connectivity index (χ1) is 15.1. The zero-order valence-corrected chi connectivity index (χ0v) is 16.9. The van der Waals surface area contributed by atoms with E-state index in [4.69, 9.17) is 0 Å². The smallest absolute Gasteiger partial charge is 0.268 e. The molecule has 0 aliphatic heterocycles. The molecule has 0 fully saturated rings. The fraction of sp³-hybridized carbons (Fsp3) is 0.0500. The summed E-state index contributed by atoms with van der Waals surface area (Å²) in [6.07, 6.45) is 0. The molecule has 6 nitrogen and oxygen atoms in total. The van der Waals surface area contributed by atoms with Crippen molar-refractivity contribution in [2.75, 3.05) is 17.1 Å². The zero-order chi connectivity index (χ0) is 23.6. The van der Waals surface area contributed by atoms with Gasteiger partial charge in [0, 0.05) is 5.69 Å². The first-order valence-electron chi connectivity index (χ1n) is 8.65. The summed E-state index contributed by atoms with van der Waals surface area (Å²) in [5.74, 6) is -11.4. The molecular formula is C20H13F5N2O4S. The second-order valence-electron chi connectivity index (χ2n) is 6.23. The predicted octanol–water partition coefficient (Wildman–Crippen LogP) is 4.44. The van der Waals surface area contributed by atoms with Crippen molar-refractivity contribution >= 4 is 27.3 Å². The Balaban J connectivity index is 2.00. The number of carbonyl (C=O) groups is 1. The third-order valence-electron chi connectivity index (χ3n) is 4.17. The molecule has 0 aliphatic carbocycles. The van der Waals surface area contributed by atoms with E-state index in [0.717, 1.165) is 25.3 Å². The molecule has 32 heavy (non-hydrogen) atoms. The van der Waals surface area contributed by atoms with Gasteiger partial charge in [0.2, 0.25) is 11.6 Å². The fourth-order valence-corrected chi connectivity index (χ4v) is 3.92. The van der Waals surface area contributed by atoms with Crippen molar-refractivity contribution in [3.05, 3.63) is 83.2 Å². The molecule has 0 heterocycles. The molecular weight excluding hydrogens is 459 g/mol. The van der Waals surface area contributed by atoms with Crippen molar-refractivity contribution in [3.63, 3.8) is 0 Å². The van der Waals surface area contributed by atoms with Crippen molar-refractivity contribution in [3.8, 4) is 5.75 Å². The lowest BCUT2D eigenvalue weighted by Gasteiger charge is -2.15. The summed E-state index contributed by atoms with van der Waals surface area (Å²) in [7, 11) is -4.51. The van der Waals surface area contributed by atoms with Gasteiger partial charge < -0.3 is 10.1 Å². The Morgan fingerprint density at radius 1 is 0.844 bits per heavy atom. The van der Waals surface area contributed by atoms with E-state index in [1.807, 2.05) is 0 Å². The second-order valence-corrected chi connectivity index (χ2v) is 7.85. The van der Waals surface area contributed by atoms with Crippen molar-refractivity contribution in [2.45, 2.75) is 4.90 Å². The largest absolute Gasteiger partial charge is 0.491 e. The summed E-state index contributed by atoms with van der Waals surface area (Å²) in [6, 6.07) is 9.56. The highest BCUT2D eigenvalue weighted by molar-refractivity contribution is 7.92. The van der Waals surface area contributed by atoms with Crippen LogP contribution in [-0.4, -0.2) is 21.4 Å². The molecule has 1 amide bonds. The quantitative estimate of drug-likeness (QED) is 0.410. The van der Waals surface area contributed by atoms with E-state index >= 15 is 0 Å². The van der Waals surface area contributed by atoms with Gasteiger partial charge in [-0.2, -0.15) is 8.78 Å². The number of anilines is 2. The number of hydrogen-bond donors (Lipinski definition) is 2. The first kappa shape index (κ1) is 23.0. The third kappa shape index (κ3) is 4.35. The van der Waals surface area contributed by atoms with Crippen LogP contribution in [0.3, 0.4) is 0 Å². The van der Waals surface area contributed by atoms with Gasteiger partial charge >= 0.3 is 0 Å². The Labute approximate surface area is 178 Å². The van der Waals surface area contributed by atoms with Crippen LogP contribution >= 0.6 is 0 Å². The summed E-state index contributed by atoms with van der Waals surface area (Å²) in [5, 5.41) is 2.38. The maximum Gasteiger partial charge on any atom is 0.268 e. The van der Waals surface area contributed by atoms with Gasteiger partial charge in [-0.05, 0) is 36.4 Å². The molecule has 0 radical (unpaired) electrons. The number of nitrogens with one attached hydrogen (secondary N) is 2. The van der Waals surface area contributed by atoms with E-state index in [1.54, 1.807) is 4.72 Å². The van der Waals surface area contributed by atoms with E-state index in [9.17, 15) is 35.2 Å². The molecule has 12 heteroatoms. The number of carbonyl (C=O) groups excluding carboxylic acids is 1. The Kier molecular flexibility index (Phi) is 6.35. The average Bonchev–Trinajstić information content (AvgIpc) is 2.74. The SMILES string of the molecule is COc1c(F)c(F)c(S(=O)(=O)Nc2ccccc2C(=O)Nc2ccc(F)cc2)c(F)c1F. The minimum absolute atomic E-state index is 0.172. The number of methoxy groups -OCH3 is 1. The minimum Gasteiger partial charge on any atom is -0.491 e. The summed E-state index contributed by atoms with van der Waals surface area (Å²) >= 11 is 0. The Hall–Kier alpha value is -3.67. The maximum absolute atomic E-state index is 14.3. The maximum atomic E-state index is 14.3. The van der Waals surface area contributed by atoms with E-state index in [2.05, 4.69) is 10.1 Å². The number of halogens is 5. The van der Waals surface area contributed by atoms with Crippen LogP contribution in [0.5, 0.6) is 5.75 Å². The fourth-order valence-electron chi connectivity index (χ4n) is 2.70. The minimum atomic E-state index is -5.24. The lowest BCUT2D eigenvalue weighted by Crippen LogP contribution is -2.21. The van der Waals surface area contributed by atoms with E-state index in [0.29, 0.717) is 0 Å². The van der Waals surface area contributed by atoms with E-state index < -0.39 is 61.3 Å². The Bertz CT molecular complexity index is 1270. The summed E-state index contributed by atoms with van der Waals surface area (Å²) < 4.78 is 101. The monoisotopic (exact) mass is 472 g/mol. The van der Waals surface area contributed by atoms with Crippen molar-refractivity contribution in [2.24, 2.45) is 0 Å². The lowest BCUT2D eigenvalue weighted by molar-refractivity contribution is 0.102. The van der Waals surface area contributed by atoms with Crippen LogP contribution in [0.4, 0.5) is 33.3 Å². The van der Waals surface area contributed by atoms with Crippen LogP contribution in [0, 0.1) is 29.1 Å². The topological polar surface area (TPSA) is 84.5 Å². The van der Waals surface area contributed by atoms with Crippen molar-refractivity contribution in [1.82, 2.24) is 0 Å². The number of amides is 1. The summed E-state index contributed by atoms with van der Waals surface area (Å²) in [5.41, 5.74) is -0.566. The highest BCUT2D eigenvalue weighted by atomic mass is 32.2. The third-order valence-corrected chi connectivity index (χ3v) is 5.56. The molecule has 0 spiro atoms. The van der Waals surface area contributed by atoms with Crippen LogP contribution in [0.2, 0.25) is 0 Å².